The summed E-state index contributed by atoms with van der Waals surface area (Å²) in [5.74, 6) is 1.20. The minimum atomic E-state index is -4.39. The number of halogens is 3. The Morgan fingerprint density at radius 1 is 1.11 bits per heavy atom. The summed E-state index contributed by atoms with van der Waals surface area (Å²) in [6.45, 7) is 14.0. The molecule has 1 atom stereocenters. The van der Waals surface area contributed by atoms with Crippen LogP contribution < -0.4 is 5.32 Å². The van der Waals surface area contributed by atoms with E-state index in [-0.39, 0.29) is 12.0 Å². The van der Waals surface area contributed by atoms with E-state index in [1.54, 1.807) is 0 Å². The molecule has 2 heterocycles. The molecule has 0 aliphatic heterocycles. The number of nitrogens with zero attached hydrogens (tertiary/aromatic N) is 4. The molecule has 37 heavy (non-hydrogen) atoms. The van der Waals surface area contributed by atoms with E-state index < -0.39 is 11.7 Å². The second-order valence-corrected chi connectivity index (χ2v) is 9.93. The zero-order chi connectivity index (χ0) is 26.3. The summed E-state index contributed by atoms with van der Waals surface area (Å²) < 4.78 is 41.6. The highest BCUT2D eigenvalue weighted by Gasteiger charge is 2.31. The minimum absolute atomic E-state index is 0.0707. The lowest BCUT2D eigenvalue weighted by Crippen LogP contribution is -2.31. The maximum atomic E-state index is 13.2. The fourth-order valence-electron chi connectivity index (χ4n) is 5.12. The van der Waals surface area contributed by atoms with E-state index in [4.69, 9.17) is 6.57 Å². The van der Waals surface area contributed by atoms with Crippen LogP contribution in [0.4, 0.5) is 24.9 Å². The number of hydrogen-bond donors (Lipinski definition) is 1. The fourth-order valence-corrected chi connectivity index (χ4v) is 5.12. The molecular weight excluding hydrogens is 475 g/mol. The highest BCUT2D eigenvalue weighted by atomic mass is 19.4. The molecule has 1 saturated carbocycles. The maximum absolute atomic E-state index is 13.2. The molecule has 1 N–H and O–H groups in total. The Morgan fingerprint density at radius 3 is 2.43 bits per heavy atom. The average molecular weight is 504 g/mol. The van der Waals surface area contributed by atoms with E-state index in [0.29, 0.717) is 23.8 Å². The Labute approximate surface area is 214 Å². The van der Waals surface area contributed by atoms with Gasteiger partial charge in [0.15, 0.2) is 5.52 Å². The summed E-state index contributed by atoms with van der Waals surface area (Å²) in [4.78, 5) is 12.7. The lowest BCUT2D eigenvalue weighted by atomic mass is 9.80. The van der Waals surface area contributed by atoms with Gasteiger partial charge in [-0.25, -0.2) is 0 Å². The molecule has 5 rings (SSSR count). The SMILES string of the molecule is [C-]#[N+]c1nc(N[C@H](C)C2CCC2)c2c(n1)c(C)c(-c1cccc(C)c1)n2Cc1ccc(C(F)(F)F)cc1. The van der Waals surface area contributed by atoms with Crippen LogP contribution in [-0.2, 0) is 12.7 Å². The lowest BCUT2D eigenvalue weighted by Gasteiger charge is -2.32. The van der Waals surface area contributed by atoms with Gasteiger partial charge in [0.05, 0.1) is 11.3 Å². The molecule has 2 aromatic heterocycles. The molecule has 0 spiro atoms. The number of nitrogens with one attached hydrogen (secondary N) is 1. The number of hydrogen-bond acceptors (Lipinski definition) is 3. The highest BCUT2D eigenvalue weighted by molar-refractivity contribution is 5.96. The van der Waals surface area contributed by atoms with E-state index in [0.717, 1.165) is 58.4 Å². The lowest BCUT2D eigenvalue weighted by molar-refractivity contribution is -0.137. The number of anilines is 1. The molecule has 2 aromatic carbocycles. The van der Waals surface area contributed by atoms with Crippen molar-refractivity contribution in [3.63, 3.8) is 0 Å². The van der Waals surface area contributed by atoms with Crippen molar-refractivity contribution in [2.45, 2.75) is 58.8 Å². The third kappa shape index (κ3) is 4.78. The molecule has 1 aliphatic rings. The van der Waals surface area contributed by atoms with Crippen LogP contribution in [-0.4, -0.2) is 20.6 Å². The Bertz CT molecular complexity index is 1490. The van der Waals surface area contributed by atoms with Crippen molar-refractivity contribution in [3.05, 3.63) is 82.2 Å². The van der Waals surface area contributed by atoms with Gasteiger partial charge in [-0.2, -0.15) is 13.2 Å². The molecule has 0 bridgehead atoms. The quantitative estimate of drug-likeness (QED) is 0.272. The molecule has 5 nitrogen and oxygen atoms in total. The van der Waals surface area contributed by atoms with Gasteiger partial charge in [0.2, 0.25) is 5.82 Å². The average Bonchev–Trinajstić information content (AvgIpc) is 3.09. The largest absolute Gasteiger partial charge is 0.416 e. The van der Waals surface area contributed by atoms with Crippen LogP contribution in [0.2, 0.25) is 0 Å². The second kappa shape index (κ2) is 9.55. The maximum Gasteiger partial charge on any atom is 0.416 e. The molecule has 1 fully saturated rings. The van der Waals surface area contributed by atoms with Crippen LogP contribution in [0.3, 0.4) is 0 Å². The van der Waals surface area contributed by atoms with Crippen LogP contribution in [0.15, 0.2) is 48.5 Å². The molecular formula is C29H28F3N5. The molecule has 190 valence electrons. The summed E-state index contributed by atoms with van der Waals surface area (Å²) in [7, 11) is 0. The van der Waals surface area contributed by atoms with Gasteiger partial charge in [0.25, 0.3) is 0 Å². The Kier molecular flexibility index (Phi) is 6.40. The second-order valence-electron chi connectivity index (χ2n) is 9.93. The Hall–Kier alpha value is -3.86. The van der Waals surface area contributed by atoms with Gasteiger partial charge in [0.1, 0.15) is 5.52 Å². The summed E-state index contributed by atoms with van der Waals surface area (Å²) >= 11 is 0. The molecule has 0 unspecified atom stereocenters. The summed E-state index contributed by atoms with van der Waals surface area (Å²) in [6.07, 6.45) is -0.874. The van der Waals surface area contributed by atoms with Crippen molar-refractivity contribution < 1.29 is 13.2 Å². The normalized spacial score (nSPS) is 14.8. The molecule has 8 heteroatoms. The van der Waals surface area contributed by atoms with E-state index in [2.05, 4.69) is 37.7 Å². The van der Waals surface area contributed by atoms with Crippen LogP contribution in [0.25, 0.3) is 27.1 Å². The first-order valence-electron chi connectivity index (χ1n) is 12.4. The molecule has 0 radical (unpaired) electrons. The van der Waals surface area contributed by atoms with Gasteiger partial charge in [-0.1, -0.05) is 42.3 Å². The number of alkyl halides is 3. The first-order chi connectivity index (χ1) is 17.7. The van der Waals surface area contributed by atoms with E-state index in [1.165, 1.54) is 18.6 Å². The van der Waals surface area contributed by atoms with Gasteiger partial charge < -0.3 is 14.7 Å². The predicted octanol–water partition coefficient (Wildman–Crippen LogP) is 7.93. The van der Waals surface area contributed by atoms with Crippen molar-refractivity contribution in [2.24, 2.45) is 5.92 Å². The van der Waals surface area contributed by atoms with Gasteiger partial charge in [-0.3, -0.25) is 0 Å². The van der Waals surface area contributed by atoms with Crippen LogP contribution in [0.1, 0.15) is 48.4 Å². The Morgan fingerprint density at radius 2 is 1.84 bits per heavy atom. The fraction of sp³-hybridized carbons (Fsp3) is 0.345. The number of aromatic nitrogens is 3. The predicted molar refractivity (Wildman–Crippen MR) is 140 cm³/mol. The summed E-state index contributed by atoms with van der Waals surface area (Å²) in [6, 6.07) is 13.5. The smallest absolute Gasteiger partial charge is 0.394 e. The van der Waals surface area contributed by atoms with E-state index in [1.807, 2.05) is 32.0 Å². The van der Waals surface area contributed by atoms with Crippen LogP contribution in [0, 0.1) is 26.3 Å². The first-order valence-corrected chi connectivity index (χ1v) is 12.4. The monoisotopic (exact) mass is 503 g/mol. The first kappa shape index (κ1) is 24.8. The molecule has 1 aliphatic carbocycles. The third-order valence-corrected chi connectivity index (χ3v) is 7.36. The third-order valence-electron chi connectivity index (χ3n) is 7.36. The van der Waals surface area contributed by atoms with E-state index in [9.17, 15) is 13.2 Å². The van der Waals surface area contributed by atoms with Crippen molar-refractivity contribution in [1.82, 2.24) is 14.5 Å². The van der Waals surface area contributed by atoms with Crippen molar-refractivity contribution in [2.75, 3.05) is 5.32 Å². The Balaban J connectivity index is 1.71. The highest BCUT2D eigenvalue weighted by Crippen LogP contribution is 2.39. The zero-order valence-electron chi connectivity index (χ0n) is 21.0. The molecule has 0 saturated heterocycles. The van der Waals surface area contributed by atoms with Crippen molar-refractivity contribution in [3.8, 4) is 11.3 Å². The molecule has 4 aromatic rings. The standard InChI is InChI=1S/C29H28F3N5/c1-17-7-5-10-22(15-17)25-18(2)24-26(37(25)16-20-11-13-23(14-12-20)29(30,31)32)27(36-28(33-4)35-24)34-19(3)21-8-6-9-21/h5,7,10-15,19,21H,6,8-9,16H2,1-3H3,(H,34,35,36)/t19-/m1/s1. The summed E-state index contributed by atoms with van der Waals surface area (Å²) in [5.41, 5.74) is 5.36. The molecule has 0 amide bonds. The number of benzene rings is 2. The van der Waals surface area contributed by atoms with Crippen molar-refractivity contribution in [1.29, 1.82) is 0 Å². The van der Waals surface area contributed by atoms with Crippen molar-refractivity contribution >= 4 is 22.8 Å². The number of aryl methyl sites for hydroxylation is 2. The van der Waals surface area contributed by atoms with Gasteiger partial charge in [-0.05, 0) is 68.9 Å². The zero-order valence-corrected chi connectivity index (χ0v) is 21.0. The number of fused-ring (bicyclic) bond motifs is 1. The number of rotatable bonds is 6. The van der Waals surface area contributed by atoms with Gasteiger partial charge in [0, 0.05) is 18.2 Å². The van der Waals surface area contributed by atoms with Gasteiger partial charge in [-0.15, -0.1) is 16.5 Å². The van der Waals surface area contributed by atoms with Gasteiger partial charge >= 0.3 is 12.1 Å². The van der Waals surface area contributed by atoms with Crippen LogP contribution >= 0.6 is 0 Å². The van der Waals surface area contributed by atoms with Crippen LogP contribution in [0.5, 0.6) is 0 Å². The minimum Gasteiger partial charge on any atom is -0.394 e. The van der Waals surface area contributed by atoms with E-state index >= 15 is 0 Å². The summed E-state index contributed by atoms with van der Waals surface area (Å²) in [5, 5.41) is 3.56. The topological polar surface area (TPSA) is 47.1 Å².